The summed E-state index contributed by atoms with van der Waals surface area (Å²) >= 11 is 1.64. The number of dihydropyridines is 1. The average Bonchev–Trinajstić information content (AvgIpc) is 2.72. The molecule has 1 fully saturated rings. The normalized spacial score (nSPS) is 18.4. The zero-order chi connectivity index (χ0) is 19.1. The Kier molecular flexibility index (Phi) is 6.27. The number of benzene rings is 1. The maximum absolute atomic E-state index is 10.0. The van der Waals surface area contributed by atoms with Gasteiger partial charge in [-0.25, -0.2) is 0 Å². The van der Waals surface area contributed by atoms with Gasteiger partial charge in [0.2, 0.25) is 0 Å². The highest BCUT2D eigenvalue weighted by Crippen LogP contribution is 2.52. The fraction of sp³-hybridized carbons (Fsp3) is 0.364. The molecule has 3 rings (SSSR count). The molecule has 2 N–H and O–H groups in total. The Labute approximate surface area is 165 Å². The quantitative estimate of drug-likeness (QED) is 0.703. The van der Waals surface area contributed by atoms with Crippen LogP contribution in [0.2, 0.25) is 0 Å². The van der Waals surface area contributed by atoms with Crippen LogP contribution in [0.5, 0.6) is 0 Å². The molecule has 0 saturated heterocycles. The molecule has 0 aromatic heterocycles. The molecule has 0 radical (unpaired) electrons. The van der Waals surface area contributed by atoms with Crippen molar-refractivity contribution in [2.45, 2.75) is 37.9 Å². The molecule has 138 valence electrons. The van der Waals surface area contributed by atoms with E-state index < -0.39 is 5.41 Å². The summed E-state index contributed by atoms with van der Waals surface area (Å²) < 4.78 is 0. The largest absolute Gasteiger partial charge is 0.367 e. The molecule has 0 amide bonds. The van der Waals surface area contributed by atoms with Gasteiger partial charge in [0.1, 0.15) is 5.82 Å². The maximum Gasteiger partial charge on any atom is 0.119 e. The van der Waals surface area contributed by atoms with Crippen LogP contribution in [0.4, 0.5) is 0 Å². The number of allylic oxidation sites excluding steroid dienone is 2. The summed E-state index contributed by atoms with van der Waals surface area (Å²) in [6.45, 7) is 4.33. The van der Waals surface area contributed by atoms with E-state index >= 15 is 0 Å². The first kappa shape index (κ1) is 19.1. The summed E-state index contributed by atoms with van der Waals surface area (Å²) in [4.78, 5) is 0. The topological polar surface area (TPSA) is 71.6 Å². The Morgan fingerprint density at radius 2 is 1.81 bits per heavy atom. The highest BCUT2D eigenvalue weighted by molar-refractivity contribution is 8.02. The predicted octanol–water partition coefficient (Wildman–Crippen LogP) is 4.72. The molecule has 1 spiro atoms. The molecule has 1 aromatic carbocycles. The highest BCUT2D eigenvalue weighted by atomic mass is 32.2. The minimum Gasteiger partial charge on any atom is -0.367 e. The Morgan fingerprint density at radius 1 is 1.11 bits per heavy atom. The first-order chi connectivity index (χ1) is 13.2. The number of hydrogen-bond acceptors (Lipinski definition) is 5. The van der Waals surface area contributed by atoms with Crippen LogP contribution in [-0.2, 0) is 5.75 Å². The molecule has 27 heavy (non-hydrogen) atoms. The van der Waals surface area contributed by atoms with E-state index in [1.54, 1.807) is 17.8 Å². The first-order valence-corrected chi connectivity index (χ1v) is 10.3. The summed E-state index contributed by atoms with van der Waals surface area (Å²) in [6, 6.07) is 15.1. The minimum absolute atomic E-state index is 0.463. The Morgan fingerprint density at radius 3 is 2.44 bits per heavy atom. The van der Waals surface area contributed by atoms with Gasteiger partial charge in [-0.15, -0.1) is 18.3 Å². The van der Waals surface area contributed by atoms with Crippen molar-refractivity contribution in [1.29, 1.82) is 10.5 Å². The lowest BCUT2D eigenvalue weighted by atomic mass is 9.64. The van der Waals surface area contributed by atoms with Crippen LogP contribution in [0, 0.1) is 28.1 Å². The van der Waals surface area contributed by atoms with Crippen LogP contribution in [-0.4, -0.2) is 6.54 Å². The van der Waals surface area contributed by atoms with Crippen LogP contribution < -0.4 is 10.6 Å². The van der Waals surface area contributed by atoms with Gasteiger partial charge in [-0.1, -0.05) is 55.7 Å². The Balaban J connectivity index is 1.98. The van der Waals surface area contributed by atoms with E-state index in [2.05, 4.69) is 41.5 Å². The molecule has 0 bridgehead atoms. The van der Waals surface area contributed by atoms with Crippen LogP contribution in [0.15, 0.2) is 65.0 Å². The minimum atomic E-state index is -0.463. The van der Waals surface area contributed by atoms with E-state index in [-0.39, 0.29) is 0 Å². The molecule has 4 nitrogen and oxygen atoms in total. The van der Waals surface area contributed by atoms with Gasteiger partial charge in [0.15, 0.2) is 0 Å². The van der Waals surface area contributed by atoms with Crippen molar-refractivity contribution >= 4 is 11.8 Å². The molecular formula is C22H24N4S. The fourth-order valence-electron chi connectivity index (χ4n) is 3.94. The molecule has 1 aliphatic carbocycles. The molecule has 1 saturated carbocycles. The SMILES string of the molecule is C=CCNC1=C(C#N)C2(CCCCC2)C(C#N)=C(SCc2ccccc2)N1. The summed E-state index contributed by atoms with van der Waals surface area (Å²) in [6.07, 6.45) is 6.74. The van der Waals surface area contributed by atoms with E-state index in [1.807, 2.05) is 18.2 Å². The zero-order valence-corrected chi connectivity index (χ0v) is 16.2. The van der Waals surface area contributed by atoms with Gasteiger partial charge in [-0.05, 0) is 18.4 Å². The highest BCUT2D eigenvalue weighted by Gasteiger charge is 2.46. The monoisotopic (exact) mass is 376 g/mol. The van der Waals surface area contributed by atoms with Crippen molar-refractivity contribution < 1.29 is 0 Å². The van der Waals surface area contributed by atoms with Crippen LogP contribution >= 0.6 is 11.8 Å². The summed E-state index contributed by atoms with van der Waals surface area (Å²) in [7, 11) is 0. The van der Waals surface area contributed by atoms with Crippen LogP contribution in [0.3, 0.4) is 0 Å². The van der Waals surface area contributed by atoms with E-state index in [1.165, 1.54) is 5.56 Å². The van der Waals surface area contributed by atoms with E-state index in [0.29, 0.717) is 12.1 Å². The molecule has 1 aliphatic heterocycles. The third-order valence-corrected chi connectivity index (χ3v) is 6.33. The lowest BCUT2D eigenvalue weighted by molar-refractivity contribution is 0.292. The second-order valence-corrected chi connectivity index (χ2v) is 7.87. The smallest absolute Gasteiger partial charge is 0.119 e. The predicted molar refractivity (Wildman–Crippen MR) is 110 cm³/mol. The average molecular weight is 377 g/mol. The van der Waals surface area contributed by atoms with Crippen molar-refractivity contribution in [3.8, 4) is 12.1 Å². The molecule has 2 aliphatic rings. The zero-order valence-electron chi connectivity index (χ0n) is 15.4. The van der Waals surface area contributed by atoms with Crippen molar-refractivity contribution in [2.24, 2.45) is 5.41 Å². The second kappa shape index (κ2) is 8.84. The van der Waals surface area contributed by atoms with Gasteiger partial charge < -0.3 is 10.6 Å². The van der Waals surface area contributed by atoms with Gasteiger partial charge in [0.05, 0.1) is 28.3 Å². The lowest BCUT2D eigenvalue weighted by Gasteiger charge is -2.41. The third kappa shape index (κ3) is 3.89. The summed E-state index contributed by atoms with van der Waals surface area (Å²) in [5.74, 6) is 1.51. The number of hydrogen-bond donors (Lipinski definition) is 2. The summed E-state index contributed by atoms with van der Waals surface area (Å²) in [5.41, 5.74) is 2.14. The number of thioether (sulfide) groups is 1. The Hall–Kier alpha value is -2.63. The van der Waals surface area contributed by atoms with Gasteiger partial charge in [0.25, 0.3) is 0 Å². The fourth-order valence-corrected chi connectivity index (χ4v) is 5.00. The van der Waals surface area contributed by atoms with Crippen molar-refractivity contribution in [3.05, 3.63) is 70.5 Å². The molecule has 1 heterocycles. The second-order valence-electron chi connectivity index (χ2n) is 6.89. The van der Waals surface area contributed by atoms with Crippen LogP contribution in [0.1, 0.15) is 37.7 Å². The number of nitriles is 2. The van der Waals surface area contributed by atoms with Crippen molar-refractivity contribution in [2.75, 3.05) is 6.54 Å². The van der Waals surface area contributed by atoms with Crippen molar-refractivity contribution in [1.82, 2.24) is 10.6 Å². The first-order valence-electron chi connectivity index (χ1n) is 9.33. The van der Waals surface area contributed by atoms with Crippen LogP contribution in [0.25, 0.3) is 0 Å². The van der Waals surface area contributed by atoms with E-state index in [0.717, 1.165) is 54.3 Å². The van der Waals surface area contributed by atoms with Gasteiger partial charge >= 0.3 is 0 Å². The molecule has 5 heteroatoms. The Bertz CT molecular complexity index is 833. The van der Waals surface area contributed by atoms with Crippen molar-refractivity contribution in [3.63, 3.8) is 0 Å². The third-order valence-electron chi connectivity index (χ3n) is 5.25. The van der Waals surface area contributed by atoms with Gasteiger partial charge in [0, 0.05) is 17.7 Å². The molecular weight excluding hydrogens is 352 g/mol. The van der Waals surface area contributed by atoms with E-state index in [9.17, 15) is 10.5 Å². The summed E-state index contributed by atoms with van der Waals surface area (Å²) in [5, 5.41) is 27.5. The number of nitrogens with one attached hydrogen (secondary N) is 2. The van der Waals surface area contributed by atoms with E-state index in [4.69, 9.17) is 0 Å². The molecule has 0 atom stereocenters. The van der Waals surface area contributed by atoms with Gasteiger partial charge in [-0.2, -0.15) is 10.5 Å². The number of nitrogens with zero attached hydrogens (tertiary/aromatic N) is 2. The molecule has 0 unspecified atom stereocenters. The standard InChI is InChI=1S/C22H24N4S/c1-2-13-25-20-18(14-23)22(11-7-4-8-12-22)19(15-24)21(26-20)27-16-17-9-5-3-6-10-17/h2-3,5-6,9-10,25-26H,1,4,7-8,11-13,16H2. The lowest BCUT2D eigenvalue weighted by Crippen LogP contribution is -2.41. The molecule has 1 aromatic rings. The number of rotatable bonds is 6. The maximum atomic E-state index is 10.0. The van der Waals surface area contributed by atoms with Gasteiger partial charge in [-0.3, -0.25) is 0 Å².